The van der Waals surface area contributed by atoms with E-state index in [-0.39, 0.29) is 12.4 Å². The quantitative estimate of drug-likeness (QED) is 0.718. The van der Waals surface area contributed by atoms with Gasteiger partial charge in [0.05, 0.1) is 6.54 Å². The third kappa shape index (κ3) is 4.59. The predicted octanol–water partition coefficient (Wildman–Crippen LogP) is 2.14. The van der Waals surface area contributed by atoms with Crippen molar-refractivity contribution in [3.05, 3.63) is 35.4 Å². The van der Waals surface area contributed by atoms with Crippen molar-refractivity contribution in [1.29, 1.82) is 0 Å². The Morgan fingerprint density at radius 3 is 2.39 bits per heavy atom. The maximum Gasteiger partial charge on any atom is 0.176 e. The van der Waals surface area contributed by atoms with Crippen LogP contribution in [0.3, 0.4) is 0 Å². The van der Waals surface area contributed by atoms with Crippen molar-refractivity contribution < 1.29 is 9.90 Å². The van der Waals surface area contributed by atoms with Crippen LogP contribution in [0.2, 0.25) is 0 Å². The first kappa shape index (κ1) is 14.9. The zero-order chi connectivity index (χ0) is 13.4. The largest absolute Gasteiger partial charge is 0.396 e. The zero-order valence-electron chi connectivity index (χ0n) is 11.4. The van der Waals surface area contributed by atoms with E-state index in [9.17, 15) is 4.79 Å². The topological polar surface area (TPSA) is 40.5 Å². The minimum Gasteiger partial charge on any atom is -0.396 e. The molecular weight excluding hydrogens is 226 g/mol. The van der Waals surface area contributed by atoms with Crippen LogP contribution in [0.1, 0.15) is 36.2 Å². The SMILES string of the molecule is CCc1ccc(C(=O)CN(CC)CCCO)cc1. The van der Waals surface area contributed by atoms with Gasteiger partial charge in [-0.15, -0.1) is 0 Å². The molecule has 0 atom stereocenters. The number of hydrogen-bond acceptors (Lipinski definition) is 3. The Labute approximate surface area is 109 Å². The lowest BCUT2D eigenvalue weighted by Gasteiger charge is -2.18. The Hall–Kier alpha value is -1.19. The number of carbonyl (C=O) groups is 1. The molecule has 18 heavy (non-hydrogen) atoms. The molecule has 3 heteroatoms. The molecule has 0 bridgehead atoms. The van der Waals surface area contributed by atoms with Gasteiger partial charge in [0.25, 0.3) is 0 Å². The van der Waals surface area contributed by atoms with Gasteiger partial charge >= 0.3 is 0 Å². The summed E-state index contributed by atoms with van der Waals surface area (Å²) in [5, 5.41) is 8.81. The third-order valence-corrected chi connectivity index (χ3v) is 3.13. The molecule has 0 aromatic heterocycles. The monoisotopic (exact) mass is 249 g/mol. The molecule has 0 aliphatic carbocycles. The minimum absolute atomic E-state index is 0.150. The predicted molar refractivity (Wildman–Crippen MR) is 74.0 cm³/mol. The van der Waals surface area contributed by atoms with Crippen LogP contribution >= 0.6 is 0 Å². The number of ketones is 1. The maximum atomic E-state index is 12.1. The smallest absolute Gasteiger partial charge is 0.176 e. The molecule has 0 radical (unpaired) electrons. The molecular formula is C15H23NO2. The number of hydrogen-bond donors (Lipinski definition) is 1. The molecule has 0 spiro atoms. The van der Waals surface area contributed by atoms with E-state index in [2.05, 4.69) is 11.8 Å². The lowest BCUT2D eigenvalue weighted by molar-refractivity contribution is 0.0928. The number of nitrogens with zero attached hydrogens (tertiary/aromatic N) is 1. The first-order valence-electron chi connectivity index (χ1n) is 6.66. The van der Waals surface area contributed by atoms with Gasteiger partial charge in [-0.2, -0.15) is 0 Å². The van der Waals surface area contributed by atoms with Crippen LogP contribution in [0, 0.1) is 0 Å². The molecule has 0 heterocycles. The average molecular weight is 249 g/mol. The maximum absolute atomic E-state index is 12.1. The molecule has 3 nitrogen and oxygen atoms in total. The number of rotatable bonds is 8. The fourth-order valence-corrected chi connectivity index (χ4v) is 1.86. The van der Waals surface area contributed by atoms with Crippen molar-refractivity contribution in [1.82, 2.24) is 4.90 Å². The number of benzene rings is 1. The van der Waals surface area contributed by atoms with Crippen LogP contribution in [-0.4, -0.2) is 42.0 Å². The van der Waals surface area contributed by atoms with Crippen molar-refractivity contribution >= 4 is 5.78 Å². The Kier molecular flexibility index (Phi) is 6.61. The first-order valence-corrected chi connectivity index (χ1v) is 6.66. The summed E-state index contributed by atoms with van der Waals surface area (Å²) in [4.78, 5) is 14.1. The van der Waals surface area contributed by atoms with E-state index in [1.807, 2.05) is 31.2 Å². The van der Waals surface area contributed by atoms with Crippen molar-refractivity contribution in [2.24, 2.45) is 0 Å². The molecule has 100 valence electrons. The van der Waals surface area contributed by atoms with Gasteiger partial charge in [-0.05, 0) is 24.9 Å². The van der Waals surface area contributed by atoms with Crippen molar-refractivity contribution in [2.45, 2.75) is 26.7 Å². The fourth-order valence-electron chi connectivity index (χ4n) is 1.86. The Morgan fingerprint density at radius 1 is 1.22 bits per heavy atom. The lowest BCUT2D eigenvalue weighted by Crippen LogP contribution is -2.31. The molecule has 1 aromatic rings. The summed E-state index contributed by atoms with van der Waals surface area (Å²) >= 11 is 0. The minimum atomic E-state index is 0.150. The van der Waals surface area contributed by atoms with E-state index >= 15 is 0 Å². The number of aryl methyl sites for hydroxylation is 1. The number of aliphatic hydroxyl groups excluding tert-OH is 1. The van der Waals surface area contributed by atoms with Crippen LogP contribution in [0.25, 0.3) is 0 Å². The van der Waals surface area contributed by atoms with E-state index in [0.29, 0.717) is 6.54 Å². The van der Waals surface area contributed by atoms with Crippen molar-refractivity contribution in [2.75, 3.05) is 26.2 Å². The molecule has 0 aliphatic rings. The lowest BCUT2D eigenvalue weighted by atomic mass is 10.1. The molecule has 1 aromatic carbocycles. The standard InChI is InChI=1S/C15H23NO2/c1-3-13-6-8-14(9-7-13)15(18)12-16(4-2)10-5-11-17/h6-9,17H,3-5,10-12H2,1-2H3. The van der Waals surface area contributed by atoms with Gasteiger partial charge in [0.2, 0.25) is 0 Å². The first-order chi connectivity index (χ1) is 8.71. The van der Waals surface area contributed by atoms with Gasteiger partial charge < -0.3 is 5.11 Å². The van der Waals surface area contributed by atoms with Crippen LogP contribution < -0.4 is 0 Å². The summed E-state index contributed by atoms with van der Waals surface area (Å²) in [6.07, 6.45) is 1.71. The molecule has 0 amide bonds. The summed E-state index contributed by atoms with van der Waals surface area (Å²) in [6.45, 7) is 6.35. The highest BCUT2D eigenvalue weighted by Gasteiger charge is 2.10. The van der Waals surface area contributed by atoms with Gasteiger partial charge in [0, 0.05) is 18.7 Å². The Balaban J connectivity index is 2.56. The van der Waals surface area contributed by atoms with E-state index < -0.39 is 0 Å². The van der Waals surface area contributed by atoms with Gasteiger partial charge in [-0.3, -0.25) is 9.69 Å². The number of Topliss-reactive ketones (excluding diaryl/α,β-unsaturated/α-hetero) is 1. The Bertz CT molecular complexity index is 359. The summed E-state index contributed by atoms with van der Waals surface area (Å²) in [5.41, 5.74) is 2.02. The van der Waals surface area contributed by atoms with E-state index in [1.54, 1.807) is 0 Å². The average Bonchev–Trinajstić information content (AvgIpc) is 2.43. The highest BCUT2D eigenvalue weighted by molar-refractivity contribution is 5.97. The normalized spacial score (nSPS) is 10.9. The van der Waals surface area contributed by atoms with Gasteiger partial charge in [-0.1, -0.05) is 38.1 Å². The van der Waals surface area contributed by atoms with Crippen molar-refractivity contribution in [3.63, 3.8) is 0 Å². The van der Waals surface area contributed by atoms with Crippen molar-refractivity contribution in [3.8, 4) is 0 Å². The number of aliphatic hydroxyl groups is 1. The highest BCUT2D eigenvalue weighted by atomic mass is 16.3. The summed E-state index contributed by atoms with van der Waals surface area (Å²) in [6, 6.07) is 7.83. The molecule has 0 aliphatic heterocycles. The molecule has 1 rings (SSSR count). The third-order valence-electron chi connectivity index (χ3n) is 3.13. The number of carbonyl (C=O) groups excluding carboxylic acids is 1. The van der Waals surface area contributed by atoms with Crippen LogP contribution in [0.4, 0.5) is 0 Å². The molecule has 0 fully saturated rings. The second kappa shape index (κ2) is 8.01. The zero-order valence-corrected chi connectivity index (χ0v) is 11.4. The van der Waals surface area contributed by atoms with Crippen LogP contribution in [0.15, 0.2) is 24.3 Å². The molecule has 0 saturated carbocycles. The number of likely N-dealkylation sites (N-methyl/N-ethyl adjacent to an activating group) is 1. The fraction of sp³-hybridized carbons (Fsp3) is 0.533. The van der Waals surface area contributed by atoms with E-state index in [1.165, 1.54) is 5.56 Å². The van der Waals surface area contributed by atoms with E-state index in [0.717, 1.165) is 31.5 Å². The summed E-state index contributed by atoms with van der Waals surface area (Å²) < 4.78 is 0. The van der Waals surface area contributed by atoms with Gasteiger partial charge in [0.15, 0.2) is 5.78 Å². The second-order valence-corrected chi connectivity index (χ2v) is 4.42. The second-order valence-electron chi connectivity index (χ2n) is 4.42. The van der Waals surface area contributed by atoms with Crippen LogP contribution in [0.5, 0.6) is 0 Å². The highest BCUT2D eigenvalue weighted by Crippen LogP contribution is 2.07. The molecule has 1 N–H and O–H groups in total. The van der Waals surface area contributed by atoms with Gasteiger partial charge in [0.1, 0.15) is 0 Å². The summed E-state index contributed by atoms with van der Waals surface area (Å²) in [5.74, 6) is 0.150. The van der Waals surface area contributed by atoms with Crippen LogP contribution in [-0.2, 0) is 6.42 Å². The molecule has 0 saturated heterocycles. The Morgan fingerprint density at radius 2 is 1.89 bits per heavy atom. The summed E-state index contributed by atoms with van der Waals surface area (Å²) in [7, 11) is 0. The van der Waals surface area contributed by atoms with Gasteiger partial charge in [-0.25, -0.2) is 0 Å². The molecule has 0 unspecified atom stereocenters. The van der Waals surface area contributed by atoms with E-state index in [4.69, 9.17) is 5.11 Å².